The molecule has 0 aromatic heterocycles. The molecule has 0 heterocycles. The third-order valence-electron chi connectivity index (χ3n) is 3.84. The molecule has 0 unspecified atom stereocenters. The molecule has 2 aromatic carbocycles. The summed E-state index contributed by atoms with van der Waals surface area (Å²) in [6, 6.07) is 13.6. The maximum absolute atomic E-state index is 11.3. The van der Waals surface area contributed by atoms with Crippen molar-refractivity contribution < 1.29 is 9.53 Å². The summed E-state index contributed by atoms with van der Waals surface area (Å²) in [4.78, 5) is 11.3. The highest BCUT2D eigenvalue weighted by Crippen LogP contribution is 2.32. The van der Waals surface area contributed by atoms with Crippen LogP contribution in [0.2, 0.25) is 0 Å². The van der Waals surface area contributed by atoms with Gasteiger partial charge in [-0.05, 0) is 74.1 Å². The number of hydrogen-bond donors (Lipinski definition) is 0. The third kappa shape index (κ3) is 2.60. The minimum Gasteiger partial charge on any atom is -0.457 e. The van der Waals surface area contributed by atoms with Gasteiger partial charge in [0.1, 0.15) is 11.5 Å². The lowest BCUT2D eigenvalue weighted by molar-refractivity contribution is 0.101. The molecule has 102 valence electrons. The predicted octanol–water partition coefficient (Wildman–Crippen LogP) is 4.56. The second kappa shape index (κ2) is 5.49. The van der Waals surface area contributed by atoms with E-state index in [1.807, 2.05) is 30.3 Å². The number of aryl methyl sites for hydroxylation is 1. The lowest BCUT2D eigenvalue weighted by Crippen LogP contribution is -2.04. The molecule has 3 rings (SSSR count). The fourth-order valence-electron chi connectivity index (χ4n) is 2.73. The van der Waals surface area contributed by atoms with Gasteiger partial charge >= 0.3 is 0 Å². The van der Waals surface area contributed by atoms with Crippen LogP contribution < -0.4 is 4.74 Å². The predicted molar refractivity (Wildman–Crippen MR) is 79.6 cm³/mol. The molecule has 0 spiro atoms. The van der Waals surface area contributed by atoms with E-state index in [9.17, 15) is 4.79 Å². The van der Waals surface area contributed by atoms with E-state index in [0.29, 0.717) is 5.56 Å². The van der Waals surface area contributed by atoms with E-state index >= 15 is 0 Å². The van der Waals surface area contributed by atoms with Crippen LogP contribution in [0.25, 0.3) is 0 Å². The monoisotopic (exact) mass is 266 g/mol. The standard InChI is InChI=1S/C18H18O2/c1-13(19)14-9-11-16(12-10-14)20-18-8-4-6-15-5-2-3-7-17(15)18/h4,6,8-12H,2-3,5,7H2,1H3. The van der Waals surface area contributed by atoms with E-state index in [2.05, 4.69) is 12.1 Å². The summed E-state index contributed by atoms with van der Waals surface area (Å²) in [5.41, 5.74) is 3.47. The van der Waals surface area contributed by atoms with Gasteiger partial charge < -0.3 is 4.74 Å². The Balaban J connectivity index is 1.86. The van der Waals surface area contributed by atoms with Crippen molar-refractivity contribution in [1.29, 1.82) is 0 Å². The Hall–Kier alpha value is -2.09. The topological polar surface area (TPSA) is 26.3 Å². The highest BCUT2D eigenvalue weighted by Gasteiger charge is 2.14. The Morgan fingerprint density at radius 3 is 2.50 bits per heavy atom. The van der Waals surface area contributed by atoms with Gasteiger partial charge in [-0.1, -0.05) is 12.1 Å². The zero-order valence-electron chi connectivity index (χ0n) is 11.7. The largest absolute Gasteiger partial charge is 0.457 e. The summed E-state index contributed by atoms with van der Waals surface area (Å²) in [5.74, 6) is 1.82. The highest BCUT2D eigenvalue weighted by atomic mass is 16.5. The number of ether oxygens (including phenoxy) is 1. The molecule has 0 saturated heterocycles. The van der Waals surface area contributed by atoms with E-state index in [4.69, 9.17) is 4.74 Å². The lowest BCUT2D eigenvalue weighted by Gasteiger charge is -2.19. The van der Waals surface area contributed by atoms with Crippen molar-refractivity contribution in [2.24, 2.45) is 0 Å². The number of fused-ring (bicyclic) bond motifs is 1. The zero-order valence-corrected chi connectivity index (χ0v) is 11.7. The number of carbonyl (C=O) groups excluding carboxylic acids is 1. The molecular formula is C18H18O2. The van der Waals surface area contributed by atoms with Gasteiger partial charge in [0.25, 0.3) is 0 Å². The summed E-state index contributed by atoms with van der Waals surface area (Å²) in [7, 11) is 0. The van der Waals surface area contributed by atoms with Crippen LogP contribution in [0, 0.1) is 0 Å². The van der Waals surface area contributed by atoms with Gasteiger partial charge in [-0.2, -0.15) is 0 Å². The quantitative estimate of drug-likeness (QED) is 0.761. The van der Waals surface area contributed by atoms with Gasteiger partial charge in [0.15, 0.2) is 5.78 Å². The molecule has 0 fully saturated rings. The van der Waals surface area contributed by atoms with Crippen molar-refractivity contribution in [3.8, 4) is 11.5 Å². The minimum absolute atomic E-state index is 0.0774. The Kier molecular flexibility index (Phi) is 3.55. The van der Waals surface area contributed by atoms with Crippen LogP contribution in [0.15, 0.2) is 42.5 Å². The van der Waals surface area contributed by atoms with Crippen LogP contribution >= 0.6 is 0 Å². The smallest absolute Gasteiger partial charge is 0.159 e. The summed E-state index contributed by atoms with van der Waals surface area (Å²) in [5, 5.41) is 0. The molecule has 0 amide bonds. The normalized spacial score (nSPS) is 13.7. The molecule has 20 heavy (non-hydrogen) atoms. The average molecular weight is 266 g/mol. The number of rotatable bonds is 3. The molecule has 2 nitrogen and oxygen atoms in total. The summed E-state index contributed by atoms with van der Waals surface area (Å²) >= 11 is 0. The molecular weight excluding hydrogens is 248 g/mol. The summed E-state index contributed by atoms with van der Waals surface area (Å²) < 4.78 is 6.00. The average Bonchev–Trinajstić information content (AvgIpc) is 2.48. The molecule has 1 aliphatic carbocycles. The summed E-state index contributed by atoms with van der Waals surface area (Å²) in [6.45, 7) is 1.57. The first kappa shape index (κ1) is 12.9. The SMILES string of the molecule is CC(=O)c1ccc(Oc2cccc3c2CCCC3)cc1. The van der Waals surface area contributed by atoms with E-state index in [0.717, 1.165) is 24.3 Å². The van der Waals surface area contributed by atoms with Crippen molar-refractivity contribution in [3.63, 3.8) is 0 Å². The molecule has 2 aromatic rings. The van der Waals surface area contributed by atoms with Crippen molar-refractivity contribution >= 4 is 5.78 Å². The highest BCUT2D eigenvalue weighted by molar-refractivity contribution is 5.94. The Labute approximate surface area is 119 Å². The Morgan fingerprint density at radius 1 is 1.00 bits per heavy atom. The van der Waals surface area contributed by atoms with Crippen LogP contribution in [0.5, 0.6) is 11.5 Å². The van der Waals surface area contributed by atoms with Crippen LogP contribution in [0.1, 0.15) is 41.3 Å². The number of benzene rings is 2. The van der Waals surface area contributed by atoms with E-state index in [1.165, 1.54) is 24.0 Å². The Morgan fingerprint density at radius 2 is 1.75 bits per heavy atom. The van der Waals surface area contributed by atoms with Crippen LogP contribution in [0.4, 0.5) is 0 Å². The number of Topliss-reactive ketones (excluding diaryl/α,β-unsaturated/α-hetero) is 1. The Bertz CT molecular complexity index is 626. The molecule has 0 N–H and O–H groups in total. The third-order valence-corrected chi connectivity index (χ3v) is 3.84. The van der Waals surface area contributed by atoms with Gasteiger partial charge in [-0.15, -0.1) is 0 Å². The number of carbonyl (C=O) groups is 1. The lowest BCUT2D eigenvalue weighted by atomic mass is 9.91. The number of ketones is 1. The molecule has 0 bridgehead atoms. The van der Waals surface area contributed by atoms with Crippen molar-refractivity contribution in [1.82, 2.24) is 0 Å². The second-order valence-corrected chi connectivity index (χ2v) is 5.28. The van der Waals surface area contributed by atoms with Crippen molar-refractivity contribution in [2.75, 3.05) is 0 Å². The van der Waals surface area contributed by atoms with Crippen molar-refractivity contribution in [2.45, 2.75) is 32.6 Å². The first-order valence-corrected chi connectivity index (χ1v) is 7.13. The molecule has 1 aliphatic rings. The van der Waals surface area contributed by atoms with Crippen LogP contribution in [0.3, 0.4) is 0 Å². The van der Waals surface area contributed by atoms with E-state index in [1.54, 1.807) is 6.92 Å². The molecule has 0 aliphatic heterocycles. The maximum Gasteiger partial charge on any atom is 0.159 e. The van der Waals surface area contributed by atoms with Gasteiger partial charge in [0, 0.05) is 5.56 Å². The van der Waals surface area contributed by atoms with Gasteiger partial charge in [-0.3, -0.25) is 4.79 Å². The molecule has 0 atom stereocenters. The first-order chi connectivity index (χ1) is 9.74. The zero-order chi connectivity index (χ0) is 13.9. The van der Waals surface area contributed by atoms with E-state index < -0.39 is 0 Å². The molecule has 2 heteroatoms. The molecule has 0 radical (unpaired) electrons. The fourth-order valence-corrected chi connectivity index (χ4v) is 2.73. The second-order valence-electron chi connectivity index (χ2n) is 5.28. The summed E-state index contributed by atoms with van der Waals surface area (Å²) in [6.07, 6.45) is 4.74. The fraction of sp³-hybridized carbons (Fsp3) is 0.278. The minimum atomic E-state index is 0.0774. The van der Waals surface area contributed by atoms with E-state index in [-0.39, 0.29) is 5.78 Å². The molecule has 0 saturated carbocycles. The van der Waals surface area contributed by atoms with Crippen molar-refractivity contribution in [3.05, 3.63) is 59.2 Å². The number of hydrogen-bond acceptors (Lipinski definition) is 2. The van der Waals surface area contributed by atoms with Crippen LogP contribution in [-0.4, -0.2) is 5.78 Å². The van der Waals surface area contributed by atoms with Gasteiger partial charge in [0.2, 0.25) is 0 Å². The first-order valence-electron chi connectivity index (χ1n) is 7.13. The van der Waals surface area contributed by atoms with Gasteiger partial charge in [0.05, 0.1) is 0 Å². The maximum atomic E-state index is 11.3. The van der Waals surface area contributed by atoms with Gasteiger partial charge in [-0.25, -0.2) is 0 Å². The van der Waals surface area contributed by atoms with Crippen LogP contribution in [-0.2, 0) is 12.8 Å².